The first-order valence-electron chi connectivity index (χ1n) is 11.6. The van der Waals surface area contributed by atoms with Crippen LogP contribution in [-0.2, 0) is 4.79 Å². The third-order valence-electron chi connectivity index (χ3n) is 6.07. The zero-order chi connectivity index (χ0) is 22.5. The average Bonchev–Trinajstić information content (AvgIpc) is 3.48. The highest BCUT2D eigenvalue weighted by Gasteiger charge is 2.21. The van der Waals surface area contributed by atoms with Crippen molar-refractivity contribution in [3.63, 3.8) is 0 Å². The quantitative estimate of drug-likeness (QED) is 0.486. The predicted octanol–water partition coefficient (Wildman–Crippen LogP) is 5.20. The Labute approximate surface area is 190 Å². The molecule has 0 radical (unpaired) electrons. The van der Waals surface area contributed by atoms with E-state index in [-0.39, 0.29) is 11.8 Å². The van der Waals surface area contributed by atoms with E-state index in [1.54, 1.807) is 0 Å². The van der Waals surface area contributed by atoms with Crippen molar-refractivity contribution in [2.45, 2.75) is 45.4 Å². The Morgan fingerprint density at radius 3 is 2.50 bits per heavy atom. The van der Waals surface area contributed by atoms with Crippen LogP contribution in [-0.4, -0.2) is 25.0 Å². The SMILES string of the molecule is C=C(N=C1NCCN1)c1ccc(Nc2cccc(NC(=O)C(C)C)c2)c(C2CCCC2)c1. The monoisotopic (exact) mass is 431 g/mol. The van der Waals surface area contributed by atoms with Gasteiger partial charge in [0.1, 0.15) is 0 Å². The van der Waals surface area contributed by atoms with E-state index in [0.29, 0.717) is 5.92 Å². The van der Waals surface area contributed by atoms with Crippen LogP contribution in [0.4, 0.5) is 17.1 Å². The van der Waals surface area contributed by atoms with Gasteiger partial charge in [0.2, 0.25) is 5.91 Å². The van der Waals surface area contributed by atoms with Crippen molar-refractivity contribution in [1.82, 2.24) is 10.6 Å². The average molecular weight is 432 g/mol. The van der Waals surface area contributed by atoms with Gasteiger partial charge in [-0.15, -0.1) is 0 Å². The standard InChI is InChI=1S/C26H33N5O/c1-17(2)25(32)31-22-10-6-9-21(16-22)30-24-12-11-20(15-23(24)19-7-4-5-8-19)18(3)29-26-27-13-14-28-26/h6,9-12,15-17,19,30H,3-5,7-8,13-14H2,1-2H3,(H,31,32)(H2,27,28,29). The second-order valence-electron chi connectivity index (χ2n) is 8.89. The number of benzene rings is 2. The number of hydrogen-bond donors (Lipinski definition) is 4. The van der Waals surface area contributed by atoms with Gasteiger partial charge in [-0.05, 0) is 54.7 Å². The van der Waals surface area contributed by atoms with Gasteiger partial charge in [-0.25, -0.2) is 4.99 Å². The second kappa shape index (κ2) is 9.90. The van der Waals surface area contributed by atoms with Crippen LogP contribution in [0, 0.1) is 5.92 Å². The van der Waals surface area contributed by atoms with E-state index in [1.807, 2.05) is 38.1 Å². The molecule has 32 heavy (non-hydrogen) atoms. The number of carbonyl (C=O) groups excluding carboxylic acids is 1. The number of hydrogen-bond acceptors (Lipinski definition) is 3. The van der Waals surface area contributed by atoms with Gasteiger partial charge in [0.15, 0.2) is 5.96 Å². The molecule has 6 nitrogen and oxygen atoms in total. The molecule has 4 rings (SSSR count). The maximum atomic E-state index is 12.1. The van der Waals surface area contributed by atoms with E-state index in [9.17, 15) is 4.79 Å². The Morgan fingerprint density at radius 2 is 1.78 bits per heavy atom. The summed E-state index contributed by atoms with van der Waals surface area (Å²) in [6.45, 7) is 9.76. The van der Waals surface area contributed by atoms with E-state index in [2.05, 4.69) is 51.0 Å². The normalized spacial score (nSPS) is 15.9. The molecule has 2 aliphatic rings. The molecule has 1 amide bonds. The summed E-state index contributed by atoms with van der Waals surface area (Å²) in [6, 6.07) is 14.3. The third kappa shape index (κ3) is 5.31. The summed E-state index contributed by atoms with van der Waals surface area (Å²) >= 11 is 0. The van der Waals surface area contributed by atoms with Crippen molar-refractivity contribution < 1.29 is 4.79 Å². The largest absolute Gasteiger partial charge is 0.355 e. The number of nitrogens with zero attached hydrogens (tertiary/aromatic N) is 1. The molecule has 1 heterocycles. The van der Waals surface area contributed by atoms with Crippen LogP contribution in [0.15, 0.2) is 54.0 Å². The summed E-state index contributed by atoms with van der Waals surface area (Å²) in [5.74, 6) is 1.29. The van der Waals surface area contributed by atoms with Crippen molar-refractivity contribution >= 4 is 34.6 Å². The summed E-state index contributed by atoms with van der Waals surface area (Å²) in [5.41, 5.74) is 5.96. The summed E-state index contributed by atoms with van der Waals surface area (Å²) in [4.78, 5) is 16.7. The molecular weight excluding hydrogens is 398 g/mol. The Hall–Kier alpha value is -3.28. The highest BCUT2D eigenvalue weighted by molar-refractivity contribution is 5.92. The van der Waals surface area contributed by atoms with Crippen molar-refractivity contribution in [1.29, 1.82) is 0 Å². The summed E-state index contributed by atoms with van der Waals surface area (Å²) in [5, 5.41) is 13.0. The minimum absolute atomic E-state index is 0.0181. The highest BCUT2D eigenvalue weighted by atomic mass is 16.1. The Kier molecular flexibility index (Phi) is 6.78. The van der Waals surface area contributed by atoms with E-state index < -0.39 is 0 Å². The molecule has 0 spiro atoms. The van der Waals surface area contributed by atoms with Crippen LogP contribution in [0.1, 0.15) is 56.6 Å². The molecule has 1 aliphatic carbocycles. The summed E-state index contributed by atoms with van der Waals surface area (Å²) < 4.78 is 0. The predicted molar refractivity (Wildman–Crippen MR) is 133 cm³/mol. The van der Waals surface area contributed by atoms with Crippen molar-refractivity contribution in [3.8, 4) is 0 Å². The fourth-order valence-corrected chi connectivity index (χ4v) is 4.25. The Morgan fingerprint density at radius 1 is 1.06 bits per heavy atom. The highest BCUT2D eigenvalue weighted by Crippen LogP contribution is 2.40. The molecule has 2 aromatic rings. The molecule has 2 aromatic carbocycles. The Bertz CT molecular complexity index is 1010. The fraction of sp³-hybridized carbons (Fsp3) is 0.385. The molecule has 0 bridgehead atoms. The number of anilines is 3. The number of aliphatic imine (C=N–C) groups is 1. The van der Waals surface area contributed by atoms with Crippen LogP contribution >= 0.6 is 0 Å². The first-order chi connectivity index (χ1) is 15.5. The van der Waals surface area contributed by atoms with Gasteiger partial charge in [-0.3, -0.25) is 4.79 Å². The smallest absolute Gasteiger partial charge is 0.226 e. The lowest BCUT2D eigenvalue weighted by atomic mass is 9.93. The molecule has 1 saturated heterocycles. The molecule has 168 valence electrons. The van der Waals surface area contributed by atoms with E-state index in [1.165, 1.54) is 31.2 Å². The van der Waals surface area contributed by atoms with Crippen LogP contribution in [0.5, 0.6) is 0 Å². The molecule has 6 heteroatoms. The molecule has 4 N–H and O–H groups in total. The van der Waals surface area contributed by atoms with Crippen molar-refractivity contribution in [2.75, 3.05) is 23.7 Å². The zero-order valence-corrected chi connectivity index (χ0v) is 19.0. The minimum atomic E-state index is -0.0561. The van der Waals surface area contributed by atoms with Crippen molar-refractivity contribution in [2.24, 2.45) is 10.9 Å². The summed E-state index contributed by atoms with van der Waals surface area (Å²) in [7, 11) is 0. The number of guanidine groups is 1. The van der Waals surface area contributed by atoms with Gasteiger partial charge < -0.3 is 21.3 Å². The maximum Gasteiger partial charge on any atom is 0.226 e. The zero-order valence-electron chi connectivity index (χ0n) is 19.0. The van der Waals surface area contributed by atoms with Crippen LogP contribution in [0.2, 0.25) is 0 Å². The minimum Gasteiger partial charge on any atom is -0.355 e. The first-order valence-corrected chi connectivity index (χ1v) is 11.6. The number of amides is 1. The molecule has 2 fully saturated rings. The van der Waals surface area contributed by atoms with Crippen molar-refractivity contribution in [3.05, 3.63) is 60.2 Å². The van der Waals surface area contributed by atoms with Gasteiger partial charge in [-0.2, -0.15) is 0 Å². The fourth-order valence-electron chi connectivity index (χ4n) is 4.25. The molecule has 0 aromatic heterocycles. The molecular formula is C26H33N5O. The van der Waals surface area contributed by atoms with E-state index >= 15 is 0 Å². The van der Waals surface area contributed by atoms with E-state index in [4.69, 9.17) is 0 Å². The lowest BCUT2D eigenvalue weighted by Crippen LogP contribution is -2.23. The Balaban J connectivity index is 1.58. The third-order valence-corrected chi connectivity index (χ3v) is 6.07. The molecule has 1 saturated carbocycles. The van der Waals surface area contributed by atoms with E-state index in [0.717, 1.165) is 47.4 Å². The first kappa shape index (κ1) is 21.9. The topological polar surface area (TPSA) is 77.6 Å². The van der Waals surface area contributed by atoms with Crippen LogP contribution < -0.4 is 21.3 Å². The molecule has 0 unspecified atom stereocenters. The number of carbonyl (C=O) groups is 1. The second-order valence-corrected chi connectivity index (χ2v) is 8.89. The van der Waals surface area contributed by atoms with Gasteiger partial charge in [-0.1, -0.05) is 45.4 Å². The van der Waals surface area contributed by atoms with Crippen LogP contribution in [0.3, 0.4) is 0 Å². The number of nitrogens with one attached hydrogen (secondary N) is 4. The molecule has 1 aliphatic heterocycles. The van der Waals surface area contributed by atoms with Gasteiger partial charge in [0.25, 0.3) is 0 Å². The van der Waals surface area contributed by atoms with Gasteiger partial charge in [0, 0.05) is 41.6 Å². The summed E-state index contributed by atoms with van der Waals surface area (Å²) in [6.07, 6.45) is 4.93. The lowest BCUT2D eigenvalue weighted by Gasteiger charge is -2.19. The molecule has 0 atom stereocenters. The lowest BCUT2D eigenvalue weighted by molar-refractivity contribution is -0.118. The maximum absolute atomic E-state index is 12.1. The van der Waals surface area contributed by atoms with Gasteiger partial charge >= 0.3 is 0 Å². The van der Waals surface area contributed by atoms with Crippen LogP contribution in [0.25, 0.3) is 5.70 Å². The van der Waals surface area contributed by atoms with Gasteiger partial charge in [0.05, 0.1) is 5.70 Å². The number of rotatable bonds is 7.